The Bertz CT molecular complexity index is 1040. The van der Waals surface area contributed by atoms with E-state index in [9.17, 15) is 18.0 Å². The van der Waals surface area contributed by atoms with Crippen LogP contribution in [0.15, 0.2) is 65.8 Å². The van der Waals surface area contributed by atoms with E-state index in [4.69, 9.17) is 0 Å². The molecular formula is C21H17F3N2O2. The van der Waals surface area contributed by atoms with Crippen LogP contribution in [0.5, 0.6) is 0 Å². The molecule has 0 radical (unpaired) electrons. The Morgan fingerprint density at radius 1 is 1.11 bits per heavy atom. The second-order valence-electron chi connectivity index (χ2n) is 6.10. The Morgan fingerprint density at radius 3 is 2.57 bits per heavy atom. The molecule has 28 heavy (non-hydrogen) atoms. The fraction of sp³-hybridized carbons (Fsp3) is 0.143. The number of rotatable bonds is 4. The van der Waals surface area contributed by atoms with Gasteiger partial charge in [0.2, 0.25) is 0 Å². The molecule has 2 aromatic carbocycles. The van der Waals surface area contributed by atoms with Crippen LogP contribution in [0.25, 0.3) is 5.69 Å². The second kappa shape index (κ2) is 7.72. The summed E-state index contributed by atoms with van der Waals surface area (Å²) < 4.78 is 45.2. The van der Waals surface area contributed by atoms with E-state index >= 15 is 0 Å². The molecule has 0 atom stereocenters. The van der Waals surface area contributed by atoms with Crippen molar-refractivity contribution in [1.82, 2.24) is 4.57 Å². The lowest BCUT2D eigenvalue weighted by atomic mass is 10.1. The predicted molar refractivity (Wildman–Crippen MR) is 101 cm³/mol. The summed E-state index contributed by atoms with van der Waals surface area (Å²) in [7, 11) is 1.31. The van der Waals surface area contributed by atoms with E-state index in [1.807, 2.05) is 6.92 Å². The minimum absolute atomic E-state index is 0.388. The highest BCUT2D eigenvalue weighted by Gasteiger charge is 2.30. The van der Waals surface area contributed by atoms with Gasteiger partial charge in [0, 0.05) is 11.9 Å². The number of benzene rings is 2. The number of aliphatic imine (C=N–C) groups is 1. The summed E-state index contributed by atoms with van der Waals surface area (Å²) in [4.78, 5) is 16.0. The summed E-state index contributed by atoms with van der Waals surface area (Å²) in [6, 6.07) is 13.5. The summed E-state index contributed by atoms with van der Waals surface area (Å²) in [5.74, 6) is -0.433. The highest BCUT2D eigenvalue weighted by Crippen LogP contribution is 2.30. The second-order valence-corrected chi connectivity index (χ2v) is 6.10. The maximum Gasteiger partial charge on any atom is 0.416 e. The van der Waals surface area contributed by atoms with Gasteiger partial charge in [-0.2, -0.15) is 13.2 Å². The van der Waals surface area contributed by atoms with Gasteiger partial charge in [-0.1, -0.05) is 6.07 Å². The highest BCUT2D eigenvalue weighted by molar-refractivity contribution is 5.90. The summed E-state index contributed by atoms with van der Waals surface area (Å²) in [6.07, 6.45) is -1.17. The molecular weight excluding hydrogens is 369 g/mol. The van der Waals surface area contributed by atoms with Crippen LogP contribution in [0.2, 0.25) is 0 Å². The maximum atomic E-state index is 13.0. The van der Waals surface area contributed by atoms with Gasteiger partial charge in [0.1, 0.15) is 0 Å². The Labute approximate surface area is 159 Å². The molecule has 0 bridgehead atoms. The van der Waals surface area contributed by atoms with E-state index in [2.05, 4.69) is 9.73 Å². The van der Waals surface area contributed by atoms with Crippen LogP contribution in [0.1, 0.15) is 27.2 Å². The molecule has 0 saturated carbocycles. The van der Waals surface area contributed by atoms with Gasteiger partial charge < -0.3 is 9.30 Å². The normalized spacial score (nSPS) is 11.8. The van der Waals surface area contributed by atoms with Crippen molar-refractivity contribution < 1.29 is 22.7 Å². The zero-order valence-corrected chi connectivity index (χ0v) is 15.2. The van der Waals surface area contributed by atoms with Gasteiger partial charge in [-0.3, -0.25) is 4.99 Å². The van der Waals surface area contributed by atoms with Gasteiger partial charge in [-0.05, 0) is 61.0 Å². The standard InChI is InChI=1S/C21H17F3N2O2/c1-14-11-15(20(27)28-2)8-9-19(14)25-13-18-7-4-10-26(18)17-6-3-5-16(12-17)21(22,23)24/h3-13H,1-2H3. The number of aromatic nitrogens is 1. The van der Waals surface area contributed by atoms with Gasteiger partial charge in [0.05, 0.1) is 35.8 Å². The van der Waals surface area contributed by atoms with Crippen molar-refractivity contribution in [3.05, 3.63) is 83.2 Å². The lowest BCUT2D eigenvalue weighted by Crippen LogP contribution is -2.06. The Balaban J connectivity index is 1.90. The third-order valence-electron chi connectivity index (χ3n) is 4.19. The van der Waals surface area contributed by atoms with Crippen LogP contribution in [0.4, 0.5) is 18.9 Å². The molecule has 4 nitrogen and oxygen atoms in total. The smallest absolute Gasteiger partial charge is 0.416 e. The number of halogens is 3. The summed E-state index contributed by atoms with van der Waals surface area (Å²) >= 11 is 0. The SMILES string of the molecule is COC(=O)c1ccc(N=Cc2cccn2-c2cccc(C(F)(F)F)c2)c(C)c1. The molecule has 0 saturated heterocycles. The zero-order valence-electron chi connectivity index (χ0n) is 15.2. The summed E-state index contributed by atoms with van der Waals surface area (Å²) in [6.45, 7) is 1.81. The number of aryl methyl sites for hydroxylation is 1. The summed E-state index contributed by atoms with van der Waals surface area (Å²) in [5, 5.41) is 0. The van der Waals surface area contributed by atoms with Crippen LogP contribution < -0.4 is 0 Å². The first kappa shape index (κ1) is 19.4. The third kappa shape index (κ3) is 4.14. The average molecular weight is 386 g/mol. The van der Waals surface area contributed by atoms with E-state index in [1.165, 1.54) is 13.2 Å². The molecule has 0 fully saturated rings. The largest absolute Gasteiger partial charge is 0.465 e. The lowest BCUT2D eigenvalue weighted by molar-refractivity contribution is -0.137. The highest BCUT2D eigenvalue weighted by atomic mass is 19.4. The van der Waals surface area contributed by atoms with E-state index < -0.39 is 17.7 Å². The topological polar surface area (TPSA) is 43.6 Å². The molecule has 0 aliphatic heterocycles. The fourth-order valence-electron chi connectivity index (χ4n) is 2.75. The number of esters is 1. The molecule has 0 aliphatic carbocycles. The van der Waals surface area contributed by atoms with Crippen LogP contribution in [0.3, 0.4) is 0 Å². The quantitative estimate of drug-likeness (QED) is 0.449. The van der Waals surface area contributed by atoms with Crippen molar-refractivity contribution in [2.45, 2.75) is 13.1 Å². The Hall–Kier alpha value is -3.35. The van der Waals surface area contributed by atoms with Gasteiger partial charge in [-0.15, -0.1) is 0 Å². The molecule has 0 unspecified atom stereocenters. The first-order valence-corrected chi connectivity index (χ1v) is 8.37. The molecule has 1 aromatic heterocycles. The van der Waals surface area contributed by atoms with Crippen LogP contribution in [-0.4, -0.2) is 23.9 Å². The van der Waals surface area contributed by atoms with Crippen molar-refractivity contribution in [1.29, 1.82) is 0 Å². The van der Waals surface area contributed by atoms with Crippen molar-refractivity contribution in [2.75, 3.05) is 7.11 Å². The van der Waals surface area contributed by atoms with Gasteiger partial charge in [0.15, 0.2) is 0 Å². The molecule has 144 valence electrons. The first-order valence-electron chi connectivity index (χ1n) is 8.37. The lowest BCUT2D eigenvalue weighted by Gasteiger charge is -2.11. The minimum Gasteiger partial charge on any atom is -0.465 e. The molecule has 7 heteroatoms. The zero-order chi connectivity index (χ0) is 20.3. The van der Waals surface area contributed by atoms with Crippen LogP contribution >= 0.6 is 0 Å². The van der Waals surface area contributed by atoms with Gasteiger partial charge >= 0.3 is 12.1 Å². The summed E-state index contributed by atoms with van der Waals surface area (Å²) in [5.41, 5.74) is 2.14. The molecule has 0 amide bonds. The first-order chi connectivity index (χ1) is 13.3. The van der Waals surface area contributed by atoms with E-state index in [0.717, 1.165) is 17.7 Å². The number of ether oxygens (including phenoxy) is 1. The molecule has 0 aliphatic rings. The Kier molecular flexibility index (Phi) is 5.35. The number of hydrogen-bond acceptors (Lipinski definition) is 3. The van der Waals surface area contributed by atoms with E-state index in [-0.39, 0.29) is 0 Å². The van der Waals surface area contributed by atoms with Crippen molar-refractivity contribution in [3.63, 3.8) is 0 Å². The predicted octanol–water partition coefficient (Wildman–Crippen LogP) is 5.34. The van der Waals surface area contributed by atoms with Crippen molar-refractivity contribution >= 4 is 17.9 Å². The number of carbonyl (C=O) groups excluding carboxylic acids is 1. The number of carbonyl (C=O) groups is 1. The minimum atomic E-state index is -4.41. The fourth-order valence-corrected chi connectivity index (χ4v) is 2.75. The van der Waals surface area contributed by atoms with E-state index in [0.29, 0.717) is 22.6 Å². The molecule has 3 aromatic rings. The monoisotopic (exact) mass is 386 g/mol. The van der Waals surface area contributed by atoms with Gasteiger partial charge in [0.25, 0.3) is 0 Å². The Morgan fingerprint density at radius 2 is 1.89 bits per heavy atom. The third-order valence-corrected chi connectivity index (χ3v) is 4.19. The average Bonchev–Trinajstić information content (AvgIpc) is 3.14. The molecule has 0 N–H and O–H groups in total. The molecule has 1 heterocycles. The number of nitrogens with zero attached hydrogens (tertiary/aromatic N) is 2. The maximum absolute atomic E-state index is 13.0. The number of hydrogen-bond donors (Lipinski definition) is 0. The number of alkyl halides is 3. The van der Waals surface area contributed by atoms with Crippen molar-refractivity contribution in [3.8, 4) is 5.69 Å². The van der Waals surface area contributed by atoms with Crippen molar-refractivity contribution in [2.24, 2.45) is 4.99 Å². The van der Waals surface area contributed by atoms with E-state index in [1.54, 1.807) is 53.4 Å². The molecule has 0 spiro atoms. The van der Waals surface area contributed by atoms with Crippen LogP contribution in [0, 0.1) is 6.92 Å². The van der Waals surface area contributed by atoms with Crippen LogP contribution in [-0.2, 0) is 10.9 Å². The molecule has 3 rings (SSSR count). The number of methoxy groups -OCH3 is 1. The van der Waals surface area contributed by atoms with Gasteiger partial charge in [-0.25, -0.2) is 4.79 Å².